The smallest absolute Gasteiger partial charge is 0.217 e. The number of rotatable bonds is 4. The van der Waals surface area contributed by atoms with Crippen LogP contribution in [0.4, 0.5) is 5.69 Å². The molecule has 0 spiro atoms. The van der Waals surface area contributed by atoms with E-state index in [0.717, 1.165) is 40.8 Å². The van der Waals surface area contributed by atoms with E-state index < -0.39 is 0 Å². The van der Waals surface area contributed by atoms with Crippen molar-refractivity contribution in [3.8, 4) is 17.4 Å². The van der Waals surface area contributed by atoms with Gasteiger partial charge in [-0.1, -0.05) is 71.4 Å². The molecule has 6 heteroatoms. The number of phenols is 1. The van der Waals surface area contributed by atoms with Gasteiger partial charge < -0.3 is 19.7 Å². The molecule has 0 unspecified atom stereocenters. The van der Waals surface area contributed by atoms with E-state index >= 15 is 0 Å². The van der Waals surface area contributed by atoms with Crippen molar-refractivity contribution in [1.82, 2.24) is 4.98 Å². The van der Waals surface area contributed by atoms with Crippen LogP contribution in [-0.2, 0) is 26.5 Å². The molecule has 1 aliphatic carbocycles. The fourth-order valence-corrected chi connectivity index (χ4v) is 7.10. The van der Waals surface area contributed by atoms with E-state index in [-0.39, 0.29) is 38.3 Å². The van der Waals surface area contributed by atoms with Crippen molar-refractivity contribution < 1.29 is 30.9 Å². The first kappa shape index (κ1) is 33.2. The van der Waals surface area contributed by atoms with E-state index in [2.05, 4.69) is 97.5 Å². The molecule has 6 rings (SSSR count). The SMILES string of the molecule is Cc1cc(Oc2ccc3cc(C(C)(C)C)cc(O)c3n2)[c-]c(C2=N[C@H]3CCC(C)(C)CC[C@H]3N2c2c(C)cc(C)cc2C)c1.[Pt]. The maximum atomic E-state index is 10.8. The summed E-state index contributed by atoms with van der Waals surface area (Å²) in [6.45, 7) is 19.9. The number of fused-ring (bicyclic) bond motifs is 2. The van der Waals surface area contributed by atoms with E-state index in [4.69, 9.17) is 14.7 Å². The normalized spacial score (nSPS) is 19.5. The maximum Gasteiger partial charge on any atom is 0.217 e. The molecule has 0 saturated heterocycles. The summed E-state index contributed by atoms with van der Waals surface area (Å²) in [7, 11) is 0. The molecule has 1 aromatic heterocycles. The molecule has 2 aliphatic rings. The summed E-state index contributed by atoms with van der Waals surface area (Å²) in [5, 5.41) is 11.7. The summed E-state index contributed by atoms with van der Waals surface area (Å²) in [6, 6.07) is 20.6. The average molecular weight is 784 g/mol. The molecule has 2 heterocycles. The molecule has 1 N–H and O–H groups in total. The molecular formula is C39H46N3O2Pt-. The minimum atomic E-state index is -0.0763. The second kappa shape index (κ2) is 12.2. The number of aromatic hydroxyl groups is 1. The zero-order chi connectivity index (χ0) is 31.6. The monoisotopic (exact) mass is 783 g/mol. The van der Waals surface area contributed by atoms with Crippen LogP contribution < -0.4 is 9.64 Å². The van der Waals surface area contributed by atoms with Crippen LogP contribution in [0.1, 0.15) is 93.7 Å². The minimum absolute atomic E-state index is 0. The number of phenolic OH excluding ortho intramolecular Hbond substituents is 1. The Morgan fingerprint density at radius 2 is 1.58 bits per heavy atom. The van der Waals surface area contributed by atoms with Gasteiger partial charge in [0.1, 0.15) is 11.3 Å². The number of benzene rings is 3. The molecule has 0 amide bonds. The number of anilines is 1. The topological polar surface area (TPSA) is 58.0 Å². The van der Waals surface area contributed by atoms with Gasteiger partial charge in [-0.2, -0.15) is 0 Å². The Kier molecular flexibility index (Phi) is 9.01. The molecule has 0 bridgehead atoms. The van der Waals surface area contributed by atoms with E-state index in [1.807, 2.05) is 18.2 Å². The molecule has 1 aliphatic heterocycles. The number of hydrogen-bond donors (Lipinski definition) is 1. The fourth-order valence-electron chi connectivity index (χ4n) is 7.10. The van der Waals surface area contributed by atoms with Gasteiger partial charge in [-0.05, 0) is 92.2 Å². The van der Waals surface area contributed by atoms with Crippen LogP contribution in [0.15, 0.2) is 53.5 Å². The van der Waals surface area contributed by atoms with Gasteiger partial charge in [-0.25, -0.2) is 4.98 Å². The molecular weight excluding hydrogens is 738 g/mol. The zero-order valence-corrected chi connectivity index (χ0v) is 30.4. The van der Waals surface area contributed by atoms with Gasteiger partial charge in [0, 0.05) is 50.0 Å². The maximum absolute atomic E-state index is 10.8. The standard InChI is InChI=1S/C39H46N3O2.Pt/c1-23-16-25(3)36(26(4)17-23)42-32-13-15-39(8,9)14-12-31(32)40-37(42)28-18-24(2)19-30(21-28)44-34-11-10-27-20-29(38(5,6)7)22-33(43)35(27)41-34;/h10-11,16-20,22,31-32,43H,12-15H2,1-9H3;/q-1;/t31-,32+;/m0./s1. The van der Waals surface area contributed by atoms with Gasteiger partial charge in [0.05, 0.1) is 11.9 Å². The first-order valence-corrected chi connectivity index (χ1v) is 16.0. The third-order valence-electron chi connectivity index (χ3n) is 9.46. The van der Waals surface area contributed by atoms with Crippen molar-refractivity contribution in [3.05, 3.63) is 88.0 Å². The molecule has 0 radical (unpaired) electrons. The Labute approximate surface area is 283 Å². The van der Waals surface area contributed by atoms with Crippen molar-refractivity contribution in [2.45, 2.75) is 105 Å². The Bertz CT molecular complexity index is 1760. The summed E-state index contributed by atoms with van der Waals surface area (Å²) in [4.78, 5) is 12.7. The summed E-state index contributed by atoms with van der Waals surface area (Å²) in [6.07, 6.45) is 4.54. The summed E-state index contributed by atoms with van der Waals surface area (Å²) in [5.74, 6) is 2.15. The summed E-state index contributed by atoms with van der Waals surface area (Å²) < 4.78 is 6.34. The number of amidine groups is 1. The second-order valence-corrected chi connectivity index (χ2v) is 15.0. The van der Waals surface area contributed by atoms with Crippen LogP contribution in [0.5, 0.6) is 17.4 Å². The van der Waals surface area contributed by atoms with Crippen LogP contribution in [0, 0.1) is 39.2 Å². The van der Waals surface area contributed by atoms with E-state index in [9.17, 15) is 5.11 Å². The van der Waals surface area contributed by atoms with Crippen molar-refractivity contribution in [2.75, 3.05) is 4.90 Å². The van der Waals surface area contributed by atoms with Gasteiger partial charge in [0.25, 0.3) is 0 Å². The van der Waals surface area contributed by atoms with Crippen LogP contribution in [0.2, 0.25) is 0 Å². The van der Waals surface area contributed by atoms with Crippen LogP contribution in [-0.4, -0.2) is 28.0 Å². The average Bonchev–Trinajstić information content (AvgIpc) is 3.20. The second-order valence-electron chi connectivity index (χ2n) is 15.0. The quantitative estimate of drug-likeness (QED) is 0.210. The fraction of sp³-hybridized carbons (Fsp3) is 0.436. The number of aryl methyl sites for hydroxylation is 4. The number of nitrogens with zero attached hydrogens (tertiary/aromatic N) is 3. The van der Waals surface area contributed by atoms with Gasteiger partial charge in [0.2, 0.25) is 5.88 Å². The van der Waals surface area contributed by atoms with Crippen molar-refractivity contribution in [1.29, 1.82) is 0 Å². The number of hydrogen-bond acceptors (Lipinski definition) is 5. The zero-order valence-electron chi connectivity index (χ0n) is 28.1. The van der Waals surface area contributed by atoms with Crippen LogP contribution in [0.25, 0.3) is 10.9 Å². The van der Waals surface area contributed by atoms with Crippen molar-refractivity contribution >= 4 is 22.4 Å². The number of aliphatic imine (C=N–C) groups is 1. The van der Waals surface area contributed by atoms with Gasteiger partial charge in [0.15, 0.2) is 0 Å². The molecule has 1 saturated carbocycles. The Balaban J connectivity index is 0.00000400. The third-order valence-corrected chi connectivity index (χ3v) is 9.46. The molecule has 45 heavy (non-hydrogen) atoms. The van der Waals surface area contributed by atoms with E-state index in [1.54, 1.807) is 6.07 Å². The van der Waals surface area contributed by atoms with Gasteiger partial charge in [-0.3, -0.25) is 0 Å². The van der Waals surface area contributed by atoms with Gasteiger partial charge >= 0.3 is 0 Å². The number of ether oxygens (including phenoxy) is 1. The summed E-state index contributed by atoms with van der Waals surface area (Å²) >= 11 is 0. The number of aromatic nitrogens is 1. The molecule has 2 atom stereocenters. The van der Waals surface area contributed by atoms with Gasteiger partial charge in [-0.15, -0.1) is 17.2 Å². The molecule has 5 nitrogen and oxygen atoms in total. The Hall–Kier alpha value is -3.17. The minimum Gasteiger partial charge on any atom is -0.506 e. The van der Waals surface area contributed by atoms with Crippen molar-refractivity contribution in [2.24, 2.45) is 10.4 Å². The summed E-state index contributed by atoms with van der Waals surface area (Å²) in [5.41, 5.74) is 8.95. The van der Waals surface area contributed by atoms with Crippen molar-refractivity contribution in [3.63, 3.8) is 0 Å². The molecule has 4 aromatic rings. The third kappa shape index (κ3) is 6.70. The first-order chi connectivity index (χ1) is 20.7. The van der Waals surface area contributed by atoms with Crippen LogP contribution in [0.3, 0.4) is 0 Å². The van der Waals surface area contributed by atoms with E-state index in [1.165, 1.54) is 35.2 Å². The Morgan fingerprint density at radius 3 is 2.27 bits per heavy atom. The predicted molar refractivity (Wildman–Crippen MR) is 182 cm³/mol. The molecule has 240 valence electrons. The van der Waals surface area contributed by atoms with E-state index in [0.29, 0.717) is 28.6 Å². The predicted octanol–water partition coefficient (Wildman–Crippen LogP) is 9.67. The number of pyridine rings is 1. The Morgan fingerprint density at radius 1 is 0.911 bits per heavy atom. The molecule has 3 aromatic carbocycles. The molecule has 1 fully saturated rings. The first-order valence-electron chi connectivity index (χ1n) is 16.0. The van der Waals surface area contributed by atoms with Crippen LogP contribution >= 0.6 is 0 Å². The largest absolute Gasteiger partial charge is 0.506 e.